The smallest absolute Gasteiger partial charge is 0.410 e. The molecule has 9 nitrogen and oxygen atoms in total. The van der Waals surface area contributed by atoms with Crippen molar-refractivity contribution in [1.82, 2.24) is 19.9 Å². The first-order valence-corrected chi connectivity index (χ1v) is 15.2. The van der Waals surface area contributed by atoms with Crippen LogP contribution in [0, 0.1) is 5.92 Å². The monoisotopic (exact) mass is 579 g/mol. The fourth-order valence-electron chi connectivity index (χ4n) is 5.36. The van der Waals surface area contributed by atoms with Gasteiger partial charge in [0.2, 0.25) is 0 Å². The van der Waals surface area contributed by atoms with Crippen LogP contribution in [-0.4, -0.2) is 69.4 Å². The number of aromatic nitrogens is 3. The van der Waals surface area contributed by atoms with E-state index in [1.165, 1.54) is 30.6 Å². The SMILES string of the molecule is COc1cncc(-c2ncc(C(C)(O)c3ccc(N4CCC[C@@H](N(CC5CCC5)C(=O)OC(C)(C)C)C4)cn3)s2)c1. The third-order valence-corrected chi connectivity index (χ3v) is 9.20. The first kappa shape index (κ1) is 29.3. The molecule has 1 aliphatic carbocycles. The van der Waals surface area contributed by atoms with Gasteiger partial charge in [-0.3, -0.25) is 9.97 Å². The van der Waals surface area contributed by atoms with Crippen molar-refractivity contribution in [2.24, 2.45) is 5.92 Å². The minimum absolute atomic E-state index is 0.0868. The van der Waals surface area contributed by atoms with E-state index in [0.29, 0.717) is 22.2 Å². The van der Waals surface area contributed by atoms with Crippen molar-refractivity contribution in [3.05, 3.63) is 53.6 Å². The highest BCUT2D eigenvalue weighted by Crippen LogP contribution is 2.37. The van der Waals surface area contributed by atoms with Gasteiger partial charge in [0.05, 0.1) is 41.8 Å². The number of aliphatic hydroxyl groups is 1. The van der Waals surface area contributed by atoms with E-state index in [0.717, 1.165) is 48.7 Å². The zero-order valence-electron chi connectivity index (χ0n) is 24.7. The van der Waals surface area contributed by atoms with Crippen molar-refractivity contribution in [3.63, 3.8) is 0 Å². The zero-order valence-corrected chi connectivity index (χ0v) is 25.5. The molecule has 2 atom stereocenters. The van der Waals surface area contributed by atoms with E-state index in [9.17, 15) is 9.90 Å². The Bertz CT molecular complexity index is 1330. The zero-order chi connectivity index (χ0) is 29.2. The van der Waals surface area contributed by atoms with Gasteiger partial charge in [0, 0.05) is 37.6 Å². The Balaban J connectivity index is 1.29. The molecule has 1 unspecified atom stereocenters. The molecule has 1 amide bonds. The lowest BCUT2D eigenvalue weighted by Crippen LogP contribution is -2.53. The summed E-state index contributed by atoms with van der Waals surface area (Å²) < 4.78 is 11.1. The van der Waals surface area contributed by atoms with Crippen LogP contribution in [0.3, 0.4) is 0 Å². The Morgan fingerprint density at radius 3 is 2.56 bits per heavy atom. The van der Waals surface area contributed by atoms with Gasteiger partial charge in [0.25, 0.3) is 0 Å². The molecule has 2 aliphatic rings. The van der Waals surface area contributed by atoms with Crippen LogP contribution in [0.5, 0.6) is 5.75 Å². The van der Waals surface area contributed by atoms with Gasteiger partial charge in [0.1, 0.15) is 22.0 Å². The summed E-state index contributed by atoms with van der Waals surface area (Å²) in [6, 6.07) is 5.85. The lowest BCUT2D eigenvalue weighted by molar-refractivity contribution is 0.00735. The Labute approximate surface area is 246 Å². The number of carbonyl (C=O) groups is 1. The number of carbonyl (C=O) groups excluding carboxylic acids is 1. The predicted octanol–water partition coefficient (Wildman–Crippen LogP) is 5.87. The summed E-state index contributed by atoms with van der Waals surface area (Å²) >= 11 is 1.40. The van der Waals surface area contributed by atoms with Crippen LogP contribution in [0.1, 0.15) is 70.4 Å². The van der Waals surface area contributed by atoms with Crippen LogP contribution in [0.2, 0.25) is 0 Å². The minimum atomic E-state index is -1.30. The topological polar surface area (TPSA) is 101 Å². The molecule has 0 aromatic carbocycles. The number of piperidine rings is 1. The van der Waals surface area contributed by atoms with Crippen LogP contribution >= 0.6 is 11.3 Å². The molecule has 220 valence electrons. The molecule has 10 heteroatoms. The highest BCUT2D eigenvalue weighted by molar-refractivity contribution is 7.15. The lowest BCUT2D eigenvalue weighted by atomic mass is 9.84. The van der Waals surface area contributed by atoms with Gasteiger partial charge in [-0.2, -0.15) is 0 Å². The molecule has 0 radical (unpaired) electrons. The molecule has 2 fully saturated rings. The summed E-state index contributed by atoms with van der Waals surface area (Å²) in [4.78, 5) is 31.6. The Kier molecular flexibility index (Phi) is 8.52. The summed E-state index contributed by atoms with van der Waals surface area (Å²) in [6.07, 6.45) is 12.2. The molecular weight excluding hydrogens is 538 g/mol. The average molecular weight is 580 g/mol. The Morgan fingerprint density at radius 1 is 1.10 bits per heavy atom. The second-order valence-electron chi connectivity index (χ2n) is 12.3. The predicted molar refractivity (Wildman–Crippen MR) is 160 cm³/mol. The van der Waals surface area contributed by atoms with E-state index in [1.807, 2.05) is 50.1 Å². The molecule has 4 heterocycles. The number of methoxy groups -OCH3 is 1. The van der Waals surface area contributed by atoms with Crippen LogP contribution < -0.4 is 9.64 Å². The fourth-order valence-corrected chi connectivity index (χ4v) is 6.31. The second kappa shape index (κ2) is 11.9. The van der Waals surface area contributed by atoms with E-state index in [4.69, 9.17) is 9.47 Å². The number of anilines is 1. The molecule has 1 N–H and O–H groups in total. The highest BCUT2D eigenvalue weighted by Gasteiger charge is 2.35. The Hall–Kier alpha value is -3.24. The summed E-state index contributed by atoms with van der Waals surface area (Å²) in [5, 5.41) is 12.2. The van der Waals surface area contributed by atoms with Gasteiger partial charge in [-0.1, -0.05) is 6.42 Å². The standard InChI is InChI=1S/C31H41N5O4S/c1-30(2,3)40-29(37)36(19-21-8-6-9-21)24-10-7-13-35(20-24)23-11-12-26(33-16-23)31(4,38)27-18-34-28(41-27)22-14-25(39-5)17-32-15-22/h11-12,14-18,21,24,38H,6-10,13,19-20H2,1-5H3/t24-,31?/m1/s1. The van der Waals surface area contributed by atoms with Crippen LogP contribution in [0.15, 0.2) is 43.0 Å². The van der Waals surface area contributed by atoms with E-state index in [1.54, 1.807) is 32.6 Å². The van der Waals surface area contributed by atoms with Crippen molar-refractivity contribution in [2.45, 2.75) is 77.0 Å². The lowest BCUT2D eigenvalue weighted by Gasteiger charge is -2.43. The van der Waals surface area contributed by atoms with Crippen LogP contribution in [0.4, 0.5) is 10.5 Å². The number of amides is 1. The maximum atomic E-state index is 13.2. The molecule has 0 spiro atoms. The first-order chi connectivity index (χ1) is 19.5. The van der Waals surface area contributed by atoms with Gasteiger partial charge in [-0.05, 0) is 77.5 Å². The fraction of sp³-hybridized carbons (Fsp3) is 0.548. The van der Waals surface area contributed by atoms with E-state index >= 15 is 0 Å². The number of rotatable bonds is 8. The van der Waals surface area contributed by atoms with Gasteiger partial charge >= 0.3 is 6.09 Å². The summed E-state index contributed by atoms with van der Waals surface area (Å²) in [5.74, 6) is 1.22. The molecule has 5 rings (SSSR count). The van der Waals surface area contributed by atoms with Crippen molar-refractivity contribution in [2.75, 3.05) is 31.6 Å². The molecule has 3 aromatic rings. The maximum absolute atomic E-state index is 13.2. The minimum Gasteiger partial charge on any atom is -0.495 e. The van der Waals surface area contributed by atoms with Gasteiger partial charge in [-0.15, -0.1) is 11.3 Å². The quantitative estimate of drug-likeness (QED) is 0.354. The molecule has 3 aromatic heterocycles. The van der Waals surface area contributed by atoms with Crippen LogP contribution in [0.25, 0.3) is 10.6 Å². The third-order valence-electron chi connectivity index (χ3n) is 7.94. The molecular formula is C31H41N5O4S. The highest BCUT2D eigenvalue weighted by atomic mass is 32.1. The van der Waals surface area contributed by atoms with Gasteiger partial charge in [0.15, 0.2) is 0 Å². The maximum Gasteiger partial charge on any atom is 0.410 e. The molecule has 0 bridgehead atoms. The van der Waals surface area contributed by atoms with E-state index in [2.05, 4.69) is 19.9 Å². The number of hydrogen-bond donors (Lipinski definition) is 1. The average Bonchev–Trinajstić information content (AvgIpc) is 3.43. The van der Waals surface area contributed by atoms with Crippen molar-refractivity contribution in [1.29, 1.82) is 0 Å². The molecule has 41 heavy (non-hydrogen) atoms. The number of ether oxygens (including phenoxy) is 2. The van der Waals surface area contributed by atoms with Crippen LogP contribution in [-0.2, 0) is 10.3 Å². The van der Waals surface area contributed by atoms with Gasteiger partial charge in [-0.25, -0.2) is 9.78 Å². The summed E-state index contributed by atoms with van der Waals surface area (Å²) in [5.41, 5.74) is 0.534. The van der Waals surface area contributed by atoms with E-state index < -0.39 is 11.2 Å². The van der Waals surface area contributed by atoms with Crippen molar-refractivity contribution >= 4 is 23.1 Å². The van der Waals surface area contributed by atoms with E-state index in [-0.39, 0.29) is 12.1 Å². The second-order valence-corrected chi connectivity index (χ2v) is 13.3. The normalized spacial score (nSPS) is 19.3. The number of nitrogens with zero attached hydrogens (tertiary/aromatic N) is 5. The third kappa shape index (κ3) is 6.81. The largest absolute Gasteiger partial charge is 0.495 e. The number of thiazole rings is 1. The Morgan fingerprint density at radius 2 is 1.90 bits per heavy atom. The molecule has 1 saturated carbocycles. The van der Waals surface area contributed by atoms with Crippen molar-refractivity contribution < 1.29 is 19.4 Å². The first-order valence-electron chi connectivity index (χ1n) is 14.4. The summed E-state index contributed by atoms with van der Waals surface area (Å²) in [7, 11) is 1.60. The van der Waals surface area contributed by atoms with Gasteiger partial charge < -0.3 is 24.4 Å². The molecule has 1 saturated heterocycles. The number of pyridine rings is 2. The number of hydrogen-bond acceptors (Lipinski definition) is 9. The summed E-state index contributed by atoms with van der Waals surface area (Å²) in [6.45, 7) is 9.89. The molecule has 1 aliphatic heterocycles. The van der Waals surface area contributed by atoms with Crippen molar-refractivity contribution in [3.8, 4) is 16.3 Å².